The fourth-order valence-corrected chi connectivity index (χ4v) is 2.32. The minimum Gasteiger partial charge on any atom is -0.396 e. The lowest BCUT2D eigenvalue weighted by Gasteiger charge is -2.19. The lowest BCUT2D eigenvalue weighted by molar-refractivity contribution is -0.384. The van der Waals surface area contributed by atoms with E-state index in [-0.39, 0.29) is 23.2 Å². The second-order valence-electron chi connectivity index (χ2n) is 4.03. The zero-order chi connectivity index (χ0) is 12.4. The fourth-order valence-electron chi connectivity index (χ4n) is 2.05. The molecule has 17 heavy (non-hydrogen) atoms. The maximum Gasteiger partial charge on any atom is 0.312 e. The Bertz CT molecular complexity index is 441. The molecule has 0 spiro atoms. The molecule has 0 bridgehead atoms. The molecule has 1 saturated heterocycles. The summed E-state index contributed by atoms with van der Waals surface area (Å²) in [4.78, 5) is 16.0. The number of halogens is 1. The first kappa shape index (κ1) is 12.1. The third-order valence-corrected chi connectivity index (χ3v) is 3.19. The first-order valence-electron chi connectivity index (χ1n) is 5.27. The Morgan fingerprint density at radius 3 is 3.00 bits per heavy atom. The normalized spacial score (nSPS) is 19.6. The number of rotatable bonds is 3. The lowest BCUT2D eigenvalue weighted by Crippen LogP contribution is -2.22. The van der Waals surface area contributed by atoms with Gasteiger partial charge in [-0.1, -0.05) is 11.6 Å². The van der Waals surface area contributed by atoms with Crippen LogP contribution in [0.4, 0.5) is 11.4 Å². The third kappa shape index (κ3) is 2.32. The van der Waals surface area contributed by atoms with Crippen molar-refractivity contribution in [2.24, 2.45) is 5.92 Å². The summed E-state index contributed by atoms with van der Waals surface area (Å²) >= 11 is 5.97. The van der Waals surface area contributed by atoms with E-state index in [1.165, 1.54) is 12.4 Å². The van der Waals surface area contributed by atoms with Crippen molar-refractivity contribution in [1.29, 1.82) is 0 Å². The molecule has 0 aliphatic carbocycles. The molecule has 0 saturated carbocycles. The van der Waals surface area contributed by atoms with Crippen molar-refractivity contribution in [2.75, 3.05) is 24.6 Å². The van der Waals surface area contributed by atoms with E-state index >= 15 is 0 Å². The van der Waals surface area contributed by atoms with Gasteiger partial charge in [-0.3, -0.25) is 15.1 Å². The highest BCUT2D eigenvalue weighted by Crippen LogP contribution is 2.37. The van der Waals surface area contributed by atoms with Crippen LogP contribution >= 0.6 is 11.6 Å². The van der Waals surface area contributed by atoms with Gasteiger partial charge >= 0.3 is 5.69 Å². The molecule has 1 aliphatic rings. The van der Waals surface area contributed by atoms with Gasteiger partial charge in [-0.05, 0) is 6.42 Å². The molecule has 1 aromatic heterocycles. The van der Waals surface area contributed by atoms with Crippen LogP contribution in [-0.4, -0.2) is 34.7 Å². The number of anilines is 1. The maximum atomic E-state index is 10.9. The van der Waals surface area contributed by atoms with Crippen molar-refractivity contribution in [2.45, 2.75) is 6.42 Å². The van der Waals surface area contributed by atoms with Crippen LogP contribution in [0.2, 0.25) is 5.02 Å². The smallest absolute Gasteiger partial charge is 0.312 e. The maximum absolute atomic E-state index is 10.9. The van der Waals surface area contributed by atoms with Crippen LogP contribution in [0.3, 0.4) is 0 Å². The Morgan fingerprint density at radius 1 is 1.65 bits per heavy atom. The van der Waals surface area contributed by atoms with E-state index in [1.807, 2.05) is 4.90 Å². The Morgan fingerprint density at radius 2 is 2.41 bits per heavy atom. The molecule has 7 heteroatoms. The molecule has 2 heterocycles. The Balaban J connectivity index is 2.34. The van der Waals surface area contributed by atoms with Crippen molar-refractivity contribution in [3.05, 3.63) is 27.5 Å². The summed E-state index contributed by atoms with van der Waals surface area (Å²) < 4.78 is 0. The van der Waals surface area contributed by atoms with Crippen molar-refractivity contribution < 1.29 is 10.0 Å². The van der Waals surface area contributed by atoms with Crippen LogP contribution in [0.1, 0.15) is 6.42 Å². The van der Waals surface area contributed by atoms with Crippen molar-refractivity contribution >= 4 is 23.0 Å². The zero-order valence-electron chi connectivity index (χ0n) is 9.04. The van der Waals surface area contributed by atoms with Gasteiger partial charge < -0.3 is 10.0 Å². The number of hydrogen-bond donors (Lipinski definition) is 1. The molecular formula is C10H12ClN3O3. The van der Waals surface area contributed by atoms with E-state index < -0.39 is 4.92 Å². The standard InChI is InChI=1S/C10H12ClN3O3/c11-8-3-12-4-9(14(16)17)10(8)13-2-1-7(5-13)6-15/h3-4,7,15H,1-2,5-6H2. The quantitative estimate of drug-likeness (QED) is 0.655. The topological polar surface area (TPSA) is 79.5 Å². The van der Waals surface area contributed by atoms with E-state index in [2.05, 4.69) is 4.98 Å². The van der Waals surface area contributed by atoms with E-state index in [0.717, 1.165) is 6.42 Å². The number of aliphatic hydroxyl groups is 1. The molecule has 1 aromatic rings. The number of pyridine rings is 1. The number of aliphatic hydroxyl groups excluding tert-OH is 1. The summed E-state index contributed by atoms with van der Waals surface area (Å²) in [7, 11) is 0. The molecule has 92 valence electrons. The lowest BCUT2D eigenvalue weighted by atomic mass is 10.1. The van der Waals surface area contributed by atoms with E-state index in [0.29, 0.717) is 18.8 Å². The van der Waals surface area contributed by atoms with Crippen LogP contribution in [0.5, 0.6) is 0 Å². The predicted octanol–water partition coefficient (Wildman–Crippen LogP) is 1.46. The summed E-state index contributed by atoms with van der Waals surface area (Å²) in [5.41, 5.74) is 0.318. The molecule has 1 atom stereocenters. The molecule has 0 amide bonds. The average Bonchev–Trinajstić information content (AvgIpc) is 2.76. The van der Waals surface area contributed by atoms with Gasteiger partial charge in [-0.2, -0.15) is 0 Å². The van der Waals surface area contributed by atoms with Crippen molar-refractivity contribution in [1.82, 2.24) is 4.98 Å². The number of nitro groups is 1. The predicted molar refractivity (Wildman–Crippen MR) is 63.3 cm³/mol. The van der Waals surface area contributed by atoms with E-state index in [1.54, 1.807) is 0 Å². The molecule has 1 N–H and O–H groups in total. The summed E-state index contributed by atoms with van der Waals surface area (Å²) in [6, 6.07) is 0. The zero-order valence-corrected chi connectivity index (χ0v) is 9.80. The van der Waals surface area contributed by atoms with Gasteiger partial charge in [0.15, 0.2) is 0 Å². The molecule has 1 aliphatic heterocycles. The largest absolute Gasteiger partial charge is 0.396 e. The van der Waals surface area contributed by atoms with Crippen LogP contribution in [-0.2, 0) is 0 Å². The monoisotopic (exact) mass is 257 g/mol. The van der Waals surface area contributed by atoms with Crippen LogP contribution in [0.15, 0.2) is 12.4 Å². The van der Waals surface area contributed by atoms with E-state index in [9.17, 15) is 10.1 Å². The van der Waals surface area contributed by atoms with Gasteiger partial charge in [0, 0.05) is 31.8 Å². The fraction of sp³-hybridized carbons (Fsp3) is 0.500. The van der Waals surface area contributed by atoms with Gasteiger partial charge in [0.05, 0.1) is 9.95 Å². The summed E-state index contributed by atoms with van der Waals surface area (Å²) in [6.07, 6.45) is 3.41. The molecule has 2 rings (SSSR count). The molecule has 0 radical (unpaired) electrons. The highest BCUT2D eigenvalue weighted by atomic mass is 35.5. The second-order valence-corrected chi connectivity index (χ2v) is 4.44. The molecule has 0 aromatic carbocycles. The second kappa shape index (κ2) is 4.85. The van der Waals surface area contributed by atoms with Crippen molar-refractivity contribution in [3.8, 4) is 0 Å². The van der Waals surface area contributed by atoms with Gasteiger partial charge in [0.25, 0.3) is 0 Å². The van der Waals surface area contributed by atoms with Crippen LogP contribution < -0.4 is 4.90 Å². The molecule has 6 nitrogen and oxygen atoms in total. The SMILES string of the molecule is O=[N+]([O-])c1cncc(Cl)c1N1CCC(CO)C1. The molecule has 1 unspecified atom stereocenters. The Labute approximate surface area is 103 Å². The minimum atomic E-state index is -0.486. The highest BCUT2D eigenvalue weighted by molar-refractivity contribution is 6.33. The van der Waals surface area contributed by atoms with Gasteiger partial charge in [-0.25, -0.2) is 0 Å². The van der Waals surface area contributed by atoms with Crippen LogP contribution in [0.25, 0.3) is 0 Å². The van der Waals surface area contributed by atoms with Gasteiger partial charge in [0.1, 0.15) is 11.9 Å². The number of aromatic nitrogens is 1. The molecule has 1 fully saturated rings. The average molecular weight is 258 g/mol. The van der Waals surface area contributed by atoms with Crippen molar-refractivity contribution in [3.63, 3.8) is 0 Å². The van der Waals surface area contributed by atoms with Gasteiger partial charge in [-0.15, -0.1) is 0 Å². The third-order valence-electron chi connectivity index (χ3n) is 2.91. The minimum absolute atomic E-state index is 0.0870. The van der Waals surface area contributed by atoms with E-state index in [4.69, 9.17) is 16.7 Å². The first-order chi connectivity index (χ1) is 8.13. The van der Waals surface area contributed by atoms with Crippen LogP contribution in [0, 0.1) is 16.0 Å². The summed E-state index contributed by atoms with van der Waals surface area (Å²) in [6.45, 7) is 1.34. The highest BCUT2D eigenvalue weighted by Gasteiger charge is 2.29. The molecular weight excluding hydrogens is 246 g/mol. The summed E-state index contributed by atoms with van der Waals surface area (Å²) in [5.74, 6) is 0.152. The number of hydrogen-bond acceptors (Lipinski definition) is 5. The van der Waals surface area contributed by atoms with Gasteiger partial charge in [0.2, 0.25) is 0 Å². The Kier molecular flexibility index (Phi) is 3.44. The first-order valence-corrected chi connectivity index (χ1v) is 5.65. The summed E-state index contributed by atoms with van der Waals surface area (Å²) in [5, 5.41) is 20.3. The number of nitrogens with zero attached hydrogens (tertiary/aromatic N) is 3. The Hall–Kier alpha value is -1.40.